The minimum Gasteiger partial charge on any atom is -0.392 e. The van der Waals surface area contributed by atoms with Crippen LogP contribution in [0.5, 0.6) is 0 Å². The van der Waals surface area contributed by atoms with Crippen molar-refractivity contribution in [2.45, 2.75) is 20.0 Å². The smallest absolute Gasteiger partial charge is 0.271 e. The van der Waals surface area contributed by atoms with Crippen LogP contribution in [-0.4, -0.2) is 35.8 Å². The third-order valence-corrected chi connectivity index (χ3v) is 2.49. The monoisotopic (exact) mass is 253 g/mol. The molecule has 6 heteroatoms. The Balaban J connectivity index is 2.46. The zero-order valence-electron chi connectivity index (χ0n) is 10.6. The summed E-state index contributed by atoms with van der Waals surface area (Å²) in [6.07, 6.45) is -0.371. The number of anilines is 1. The highest BCUT2D eigenvalue weighted by atomic mass is 16.6. The molecular formula is C12H19N3O3. The van der Waals surface area contributed by atoms with E-state index >= 15 is 0 Å². The average Bonchev–Trinajstić information content (AvgIpc) is 2.30. The fourth-order valence-corrected chi connectivity index (χ4v) is 1.51. The summed E-state index contributed by atoms with van der Waals surface area (Å²) in [6, 6.07) is 4.75. The first-order valence-corrected chi connectivity index (χ1v) is 5.88. The quantitative estimate of drug-likeness (QED) is 0.387. The van der Waals surface area contributed by atoms with Crippen LogP contribution in [0.25, 0.3) is 0 Å². The van der Waals surface area contributed by atoms with Crippen molar-refractivity contribution in [3.8, 4) is 0 Å². The van der Waals surface area contributed by atoms with E-state index in [0.29, 0.717) is 19.6 Å². The number of nitro groups is 1. The number of nitrogens with one attached hydrogen (secondary N) is 2. The van der Waals surface area contributed by atoms with Crippen LogP contribution in [0.2, 0.25) is 0 Å². The first-order valence-electron chi connectivity index (χ1n) is 5.88. The molecule has 18 heavy (non-hydrogen) atoms. The molecule has 0 aliphatic carbocycles. The van der Waals surface area contributed by atoms with Crippen LogP contribution >= 0.6 is 0 Å². The molecule has 0 bridgehead atoms. The summed E-state index contributed by atoms with van der Waals surface area (Å²) in [7, 11) is 0. The first-order chi connectivity index (χ1) is 8.50. The number of rotatable bonds is 7. The van der Waals surface area contributed by atoms with Crippen LogP contribution in [-0.2, 0) is 0 Å². The maximum atomic E-state index is 10.7. The number of nitrogens with zero attached hydrogens (tertiary/aromatic N) is 1. The number of hydrogen-bond acceptors (Lipinski definition) is 5. The third kappa shape index (κ3) is 4.68. The van der Waals surface area contributed by atoms with Gasteiger partial charge < -0.3 is 15.7 Å². The Morgan fingerprint density at radius 2 is 2.17 bits per heavy atom. The Kier molecular flexibility index (Phi) is 5.54. The molecule has 1 unspecified atom stereocenters. The predicted octanol–water partition coefficient (Wildman–Crippen LogP) is 1.29. The van der Waals surface area contributed by atoms with E-state index in [2.05, 4.69) is 10.6 Å². The normalized spacial score (nSPS) is 12.2. The average molecular weight is 253 g/mol. The number of aliphatic hydroxyl groups is 1. The van der Waals surface area contributed by atoms with E-state index < -0.39 is 4.92 Å². The summed E-state index contributed by atoms with van der Waals surface area (Å²) < 4.78 is 0. The van der Waals surface area contributed by atoms with Crippen LogP contribution in [0.3, 0.4) is 0 Å². The molecule has 0 amide bonds. The lowest BCUT2D eigenvalue weighted by Crippen LogP contribution is -2.29. The lowest BCUT2D eigenvalue weighted by molar-refractivity contribution is -0.384. The summed E-state index contributed by atoms with van der Waals surface area (Å²) in [6.45, 7) is 5.48. The fourth-order valence-electron chi connectivity index (χ4n) is 1.51. The van der Waals surface area contributed by atoms with Gasteiger partial charge in [0.05, 0.1) is 11.0 Å². The van der Waals surface area contributed by atoms with Gasteiger partial charge in [-0.1, -0.05) is 6.07 Å². The molecule has 1 atom stereocenters. The molecule has 0 radical (unpaired) electrons. The SMILES string of the molecule is Cc1ccc([N+](=O)[O-])cc1NCCNCC(C)O. The van der Waals surface area contributed by atoms with Crippen LogP contribution < -0.4 is 10.6 Å². The molecule has 0 heterocycles. The van der Waals surface area contributed by atoms with Crippen molar-refractivity contribution in [1.82, 2.24) is 5.32 Å². The Hall–Kier alpha value is -1.66. The molecule has 0 aromatic heterocycles. The molecule has 0 aliphatic rings. The molecule has 0 fully saturated rings. The minimum absolute atomic E-state index is 0.0834. The molecule has 0 spiro atoms. The van der Waals surface area contributed by atoms with Crippen molar-refractivity contribution in [2.24, 2.45) is 0 Å². The molecule has 3 N–H and O–H groups in total. The Morgan fingerprint density at radius 3 is 2.78 bits per heavy atom. The first kappa shape index (κ1) is 14.4. The molecule has 0 aliphatic heterocycles. The topological polar surface area (TPSA) is 87.4 Å². The van der Waals surface area contributed by atoms with Gasteiger partial charge in [0.1, 0.15) is 0 Å². The van der Waals surface area contributed by atoms with Gasteiger partial charge in [-0.25, -0.2) is 0 Å². The molecule has 1 rings (SSSR count). The van der Waals surface area contributed by atoms with Gasteiger partial charge in [-0.3, -0.25) is 10.1 Å². The highest BCUT2D eigenvalue weighted by Gasteiger charge is 2.07. The van der Waals surface area contributed by atoms with Gasteiger partial charge in [0.15, 0.2) is 0 Å². The maximum absolute atomic E-state index is 10.7. The number of aryl methyl sites for hydroxylation is 1. The summed E-state index contributed by atoms with van der Waals surface area (Å²) in [5, 5.41) is 25.9. The van der Waals surface area contributed by atoms with Gasteiger partial charge in [0.25, 0.3) is 5.69 Å². The van der Waals surface area contributed by atoms with Gasteiger partial charge in [-0.2, -0.15) is 0 Å². The van der Waals surface area contributed by atoms with Crippen LogP contribution in [0.4, 0.5) is 11.4 Å². The number of non-ortho nitro benzene ring substituents is 1. The summed E-state index contributed by atoms with van der Waals surface area (Å²) in [5.74, 6) is 0. The summed E-state index contributed by atoms with van der Waals surface area (Å²) in [5.41, 5.74) is 1.82. The van der Waals surface area contributed by atoms with Gasteiger partial charge in [0, 0.05) is 37.5 Å². The van der Waals surface area contributed by atoms with Gasteiger partial charge in [-0.15, -0.1) is 0 Å². The largest absolute Gasteiger partial charge is 0.392 e. The number of hydrogen-bond donors (Lipinski definition) is 3. The predicted molar refractivity (Wildman–Crippen MR) is 70.9 cm³/mol. The van der Waals surface area contributed by atoms with Crippen LogP contribution in [0.15, 0.2) is 18.2 Å². The summed E-state index contributed by atoms with van der Waals surface area (Å²) in [4.78, 5) is 10.2. The maximum Gasteiger partial charge on any atom is 0.271 e. The number of aliphatic hydroxyl groups excluding tert-OH is 1. The van der Waals surface area contributed by atoms with Crippen molar-refractivity contribution in [3.05, 3.63) is 33.9 Å². The molecule has 6 nitrogen and oxygen atoms in total. The third-order valence-electron chi connectivity index (χ3n) is 2.49. The van der Waals surface area contributed by atoms with Crippen LogP contribution in [0.1, 0.15) is 12.5 Å². The van der Waals surface area contributed by atoms with E-state index in [9.17, 15) is 10.1 Å². The molecule has 0 saturated carbocycles. The van der Waals surface area contributed by atoms with E-state index in [1.165, 1.54) is 12.1 Å². The molecule has 1 aromatic carbocycles. The second-order valence-corrected chi connectivity index (χ2v) is 4.24. The van der Waals surface area contributed by atoms with Gasteiger partial charge in [0.2, 0.25) is 0 Å². The van der Waals surface area contributed by atoms with E-state index in [1.807, 2.05) is 6.92 Å². The summed E-state index contributed by atoms with van der Waals surface area (Å²) >= 11 is 0. The highest BCUT2D eigenvalue weighted by molar-refractivity contribution is 5.56. The Bertz CT molecular complexity index is 408. The number of nitro benzene ring substituents is 1. The second-order valence-electron chi connectivity index (χ2n) is 4.24. The second kappa shape index (κ2) is 6.93. The van der Waals surface area contributed by atoms with Crippen molar-refractivity contribution in [2.75, 3.05) is 25.0 Å². The minimum atomic E-state index is -0.406. The zero-order valence-corrected chi connectivity index (χ0v) is 10.6. The number of benzene rings is 1. The molecular weight excluding hydrogens is 234 g/mol. The fraction of sp³-hybridized carbons (Fsp3) is 0.500. The van der Waals surface area contributed by atoms with E-state index in [1.54, 1.807) is 13.0 Å². The van der Waals surface area contributed by atoms with E-state index in [4.69, 9.17) is 5.11 Å². The van der Waals surface area contributed by atoms with Crippen molar-refractivity contribution < 1.29 is 10.0 Å². The van der Waals surface area contributed by atoms with Crippen molar-refractivity contribution in [3.63, 3.8) is 0 Å². The Labute approximate surface area is 106 Å². The van der Waals surface area contributed by atoms with Gasteiger partial charge >= 0.3 is 0 Å². The lowest BCUT2D eigenvalue weighted by Gasteiger charge is -2.10. The Morgan fingerprint density at radius 1 is 1.44 bits per heavy atom. The highest BCUT2D eigenvalue weighted by Crippen LogP contribution is 2.21. The lowest BCUT2D eigenvalue weighted by atomic mass is 10.2. The van der Waals surface area contributed by atoms with Crippen LogP contribution in [0, 0.1) is 17.0 Å². The van der Waals surface area contributed by atoms with Crippen molar-refractivity contribution in [1.29, 1.82) is 0 Å². The van der Waals surface area contributed by atoms with E-state index in [-0.39, 0.29) is 11.8 Å². The molecule has 100 valence electrons. The molecule has 1 aromatic rings. The standard InChI is InChI=1S/C12H19N3O3/c1-9-3-4-11(15(17)18)7-12(9)14-6-5-13-8-10(2)16/h3-4,7,10,13-14,16H,5-6,8H2,1-2H3. The van der Waals surface area contributed by atoms with Crippen molar-refractivity contribution >= 4 is 11.4 Å². The molecule has 0 saturated heterocycles. The van der Waals surface area contributed by atoms with E-state index in [0.717, 1.165) is 11.3 Å². The zero-order chi connectivity index (χ0) is 13.5. The van der Waals surface area contributed by atoms with Gasteiger partial charge in [-0.05, 0) is 19.4 Å².